The molecule has 2 heterocycles. The van der Waals surface area contributed by atoms with Gasteiger partial charge in [0.05, 0.1) is 5.52 Å². The van der Waals surface area contributed by atoms with Crippen LogP contribution in [0.3, 0.4) is 0 Å². The van der Waals surface area contributed by atoms with E-state index in [1.54, 1.807) is 12.3 Å². The molecule has 3 aromatic rings. The van der Waals surface area contributed by atoms with Gasteiger partial charge in [-0.05, 0) is 24.6 Å². The lowest BCUT2D eigenvalue weighted by atomic mass is 10.2. The average molecular weight is 280 g/mol. The maximum absolute atomic E-state index is 5.79. The number of nitrogens with zero attached hydrogens (tertiary/aromatic N) is 3. The fraction of sp³-hybridized carbons (Fsp3) is 0.188. The molecule has 2 N–H and O–H groups in total. The van der Waals surface area contributed by atoms with E-state index in [0.717, 1.165) is 23.7 Å². The molecule has 0 saturated carbocycles. The summed E-state index contributed by atoms with van der Waals surface area (Å²) in [6, 6.07) is 11.3. The van der Waals surface area contributed by atoms with Crippen LogP contribution >= 0.6 is 0 Å². The minimum atomic E-state index is 0.419. The zero-order chi connectivity index (χ0) is 14.7. The molecule has 5 nitrogen and oxygen atoms in total. The predicted molar refractivity (Wildman–Crippen MR) is 82.3 cm³/mol. The largest absolute Gasteiger partial charge is 0.439 e. The maximum atomic E-state index is 5.79. The van der Waals surface area contributed by atoms with E-state index in [-0.39, 0.29) is 0 Å². The number of pyridine rings is 1. The van der Waals surface area contributed by atoms with Crippen LogP contribution in [0, 0.1) is 0 Å². The van der Waals surface area contributed by atoms with Crippen molar-refractivity contribution in [3.05, 3.63) is 48.4 Å². The lowest BCUT2D eigenvalue weighted by Crippen LogP contribution is -2.01. The molecule has 0 aliphatic rings. The van der Waals surface area contributed by atoms with Crippen molar-refractivity contribution in [2.24, 2.45) is 0 Å². The van der Waals surface area contributed by atoms with Gasteiger partial charge < -0.3 is 10.5 Å². The number of nitrogens with two attached hydrogens (primary N) is 1. The Bertz CT molecular complexity index is 773. The van der Waals surface area contributed by atoms with Gasteiger partial charge in [0.15, 0.2) is 0 Å². The van der Waals surface area contributed by atoms with Gasteiger partial charge in [-0.1, -0.05) is 13.0 Å². The molecule has 0 fully saturated rings. The fourth-order valence-corrected chi connectivity index (χ4v) is 2.11. The normalized spacial score (nSPS) is 10.7. The van der Waals surface area contributed by atoms with Crippen LogP contribution in [0.4, 0.5) is 5.82 Å². The Balaban J connectivity index is 1.90. The highest BCUT2D eigenvalue weighted by molar-refractivity contribution is 5.79. The molecule has 2 aromatic heterocycles. The lowest BCUT2D eigenvalue weighted by molar-refractivity contribution is 0.459. The van der Waals surface area contributed by atoms with Crippen molar-refractivity contribution >= 4 is 16.7 Å². The van der Waals surface area contributed by atoms with E-state index in [4.69, 9.17) is 10.5 Å². The van der Waals surface area contributed by atoms with Crippen LogP contribution in [0.5, 0.6) is 11.6 Å². The number of hydrogen-bond donors (Lipinski definition) is 1. The molecule has 0 bridgehead atoms. The first-order chi connectivity index (χ1) is 10.2. The van der Waals surface area contributed by atoms with Crippen molar-refractivity contribution in [1.82, 2.24) is 15.0 Å². The monoisotopic (exact) mass is 280 g/mol. The van der Waals surface area contributed by atoms with Crippen molar-refractivity contribution in [2.45, 2.75) is 19.8 Å². The number of fused-ring (bicyclic) bond motifs is 1. The molecule has 21 heavy (non-hydrogen) atoms. The number of anilines is 1. The van der Waals surface area contributed by atoms with E-state index in [2.05, 4.69) is 21.9 Å². The van der Waals surface area contributed by atoms with Crippen molar-refractivity contribution in [3.63, 3.8) is 0 Å². The van der Waals surface area contributed by atoms with Crippen molar-refractivity contribution in [3.8, 4) is 11.6 Å². The summed E-state index contributed by atoms with van der Waals surface area (Å²) in [5.41, 5.74) is 6.67. The van der Waals surface area contributed by atoms with Crippen LogP contribution < -0.4 is 10.5 Å². The van der Waals surface area contributed by atoms with E-state index in [0.29, 0.717) is 23.3 Å². The van der Waals surface area contributed by atoms with Gasteiger partial charge in [-0.2, -0.15) is 4.98 Å². The quantitative estimate of drug-likeness (QED) is 0.793. The minimum Gasteiger partial charge on any atom is -0.439 e. The van der Waals surface area contributed by atoms with Gasteiger partial charge in [-0.15, -0.1) is 0 Å². The summed E-state index contributed by atoms with van der Waals surface area (Å²) in [7, 11) is 0. The Hall–Kier alpha value is -2.69. The molecule has 1 aromatic carbocycles. The average Bonchev–Trinajstić information content (AvgIpc) is 2.47. The van der Waals surface area contributed by atoms with E-state index in [1.807, 2.05) is 30.3 Å². The number of rotatable bonds is 4. The smallest absolute Gasteiger partial charge is 0.224 e. The second-order valence-electron chi connectivity index (χ2n) is 4.76. The van der Waals surface area contributed by atoms with Gasteiger partial charge >= 0.3 is 0 Å². The van der Waals surface area contributed by atoms with Gasteiger partial charge in [-0.25, -0.2) is 4.98 Å². The molecule has 0 amide bonds. The van der Waals surface area contributed by atoms with Crippen LogP contribution in [0.25, 0.3) is 10.9 Å². The molecule has 0 spiro atoms. The summed E-state index contributed by atoms with van der Waals surface area (Å²) in [6.07, 6.45) is 3.50. The molecule has 0 saturated heterocycles. The Labute approximate surface area is 122 Å². The number of aryl methyl sites for hydroxylation is 1. The number of benzene rings is 1. The van der Waals surface area contributed by atoms with E-state index in [9.17, 15) is 0 Å². The fourth-order valence-electron chi connectivity index (χ4n) is 2.11. The first-order valence-electron chi connectivity index (χ1n) is 6.90. The van der Waals surface area contributed by atoms with Crippen LogP contribution in [0.15, 0.2) is 42.6 Å². The second-order valence-corrected chi connectivity index (χ2v) is 4.76. The number of hydrogen-bond acceptors (Lipinski definition) is 5. The molecule has 0 aliphatic heterocycles. The summed E-state index contributed by atoms with van der Waals surface area (Å²) < 4.78 is 5.78. The molecule has 0 aliphatic carbocycles. The Morgan fingerprint density at radius 1 is 1.14 bits per heavy atom. The van der Waals surface area contributed by atoms with Gasteiger partial charge in [0, 0.05) is 30.1 Å². The van der Waals surface area contributed by atoms with Gasteiger partial charge in [0.1, 0.15) is 17.4 Å². The highest BCUT2D eigenvalue weighted by Crippen LogP contribution is 2.24. The van der Waals surface area contributed by atoms with Gasteiger partial charge in [-0.3, -0.25) is 4.98 Å². The van der Waals surface area contributed by atoms with Crippen LogP contribution in [0.2, 0.25) is 0 Å². The van der Waals surface area contributed by atoms with Crippen LogP contribution in [-0.4, -0.2) is 15.0 Å². The van der Waals surface area contributed by atoms with Crippen LogP contribution in [0.1, 0.15) is 19.2 Å². The highest BCUT2D eigenvalue weighted by atomic mass is 16.5. The van der Waals surface area contributed by atoms with Gasteiger partial charge in [0.25, 0.3) is 0 Å². The Morgan fingerprint density at radius 3 is 2.90 bits per heavy atom. The third-order valence-electron chi connectivity index (χ3n) is 3.04. The van der Waals surface area contributed by atoms with Crippen molar-refractivity contribution < 1.29 is 4.74 Å². The molecular formula is C16H16N4O. The first kappa shape index (κ1) is 13.3. The zero-order valence-electron chi connectivity index (χ0n) is 11.8. The second kappa shape index (κ2) is 5.75. The van der Waals surface area contributed by atoms with E-state index in [1.165, 1.54) is 0 Å². The van der Waals surface area contributed by atoms with Crippen LogP contribution in [-0.2, 0) is 6.42 Å². The first-order valence-corrected chi connectivity index (χ1v) is 6.90. The molecular weight excluding hydrogens is 264 g/mol. The summed E-state index contributed by atoms with van der Waals surface area (Å²) in [4.78, 5) is 12.9. The SMILES string of the molecule is CCCc1nc(N)cc(Oc2ccc3cccnc3c2)n1. The summed E-state index contributed by atoms with van der Waals surface area (Å²) in [5.74, 6) is 2.26. The maximum Gasteiger partial charge on any atom is 0.224 e. The third-order valence-corrected chi connectivity index (χ3v) is 3.04. The lowest BCUT2D eigenvalue weighted by Gasteiger charge is -2.08. The Kier molecular flexibility index (Phi) is 3.64. The summed E-state index contributed by atoms with van der Waals surface area (Å²) >= 11 is 0. The topological polar surface area (TPSA) is 73.9 Å². The van der Waals surface area contributed by atoms with E-state index < -0.39 is 0 Å². The number of nitrogen functional groups attached to an aromatic ring is 1. The molecule has 0 radical (unpaired) electrons. The number of ether oxygens (including phenoxy) is 1. The number of aromatic nitrogens is 3. The van der Waals surface area contributed by atoms with Crippen molar-refractivity contribution in [2.75, 3.05) is 5.73 Å². The van der Waals surface area contributed by atoms with Crippen molar-refractivity contribution in [1.29, 1.82) is 0 Å². The minimum absolute atomic E-state index is 0.419. The van der Waals surface area contributed by atoms with Gasteiger partial charge in [0.2, 0.25) is 5.88 Å². The zero-order valence-corrected chi connectivity index (χ0v) is 11.8. The molecule has 0 unspecified atom stereocenters. The Morgan fingerprint density at radius 2 is 2.05 bits per heavy atom. The third kappa shape index (κ3) is 3.08. The predicted octanol–water partition coefficient (Wildman–Crippen LogP) is 3.35. The van der Waals surface area contributed by atoms with E-state index >= 15 is 0 Å². The molecule has 3 rings (SSSR count). The summed E-state index contributed by atoms with van der Waals surface area (Å²) in [5, 5.41) is 1.07. The molecule has 106 valence electrons. The summed E-state index contributed by atoms with van der Waals surface area (Å²) in [6.45, 7) is 2.07. The molecule has 0 atom stereocenters. The highest BCUT2D eigenvalue weighted by Gasteiger charge is 2.05. The standard InChI is InChI=1S/C16H16N4O/c1-2-4-15-19-14(17)10-16(20-15)21-12-7-6-11-5-3-8-18-13(11)9-12/h3,5-10H,2,4H2,1H3,(H2,17,19,20). The molecule has 5 heteroatoms.